The summed E-state index contributed by atoms with van der Waals surface area (Å²) >= 11 is 0. The Kier molecular flexibility index (Phi) is 5.78. The van der Waals surface area contributed by atoms with E-state index in [9.17, 15) is 13.2 Å². The average molecular weight is 286 g/mol. The predicted molar refractivity (Wildman–Crippen MR) is 73.2 cm³/mol. The number of anilines is 1. The smallest absolute Gasteiger partial charge is 0.323 e. The van der Waals surface area contributed by atoms with Crippen LogP contribution in [-0.2, 0) is 26.1 Å². The van der Waals surface area contributed by atoms with Crippen molar-refractivity contribution >= 4 is 21.7 Å². The van der Waals surface area contributed by atoms with Crippen LogP contribution < -0.4 is 10.0 Å². The van der Waals surface area contributed by atoms with E-state index in [1.807, 2.05) is 6.07 Å². The molecule has 0 saturated heterocycles. The van der Waals surface area contributed by atoms with E-state index >= 15 is 0 Å². The number of hydrogen-bond acceptors (Lipinski definition) is 5. The fourth-order valence-electron chi connectivity index (χ4n) is 1.53. The summed E-state index contributed by atoms with van der Waals surface area (Å²) in [5.41, 5.74) is 1.26. The van der Waals surface area contributed by atoms with Crippen LogP contribution in [-0.4, -0.2) is 33.8 Å². The molecule has 0 amide bonds. The van der Waals surface area contributed by atoms with Crippen LogP contribution in [0.25, 0.3) is 0 Å². The number of carbonyl (C=O) groups is 1. The number of ether oxygens (including phenoxy) is 1. The van der Waals surface area contributed by atoms with Crippen LogP contribution in [0.5, 0.6) is 0 Å². The van der Waals surface area contributed by atoms with Gasteiger partial charge in [0.2, 0.25) is 10.0 Å². The summed E-state index contributed by atoms with van der Waals surface area (Å²) < 4.78 is 30.6. The van der Waals surface area contributed by atoms with Gasteiger partial charge in [-0.25, -0.2) is 8.42 Å². The van der Waals surface area contributed by atoms with Crippen molar-refractivity contribution in [3.05, 3.63) is 29.8 Å². The van der Waals surface area contributed by atoms with Crippen molar-refractivity contribution in [3.63, 3.8) is 0 Å². The number of esters is 1. The van der Waals surface area contributed by atoms with E-state index in [0.29, 0.717) is 12.2 Å². The molecule has 106 valence electrons. The molecular weight excluding hydrogens is 268 g/mol. The lowest BCUT2D eigenvalue weighted by Crippen LogP contribution is -2.25. The second-order valence-corrected chi connectivity index (χ2v) is 5.58. The van der Waals surface area contributed by atoms with Gasteiger partial charge in [-0.05, 0) is 25.6 Å². The molecule has 0 aliphatic heterocycles. The molecule has 1 rings (SSSR count). The summed E-state index contributed by atoms with van der Waals surface area (Å²) in [6.45, 7) is 2.31. The predicted octanol–water partition coefficient (Wildman–Crippen LogP) is 0.711. The maximum absolute atomic E-state index is 11.8. The van der Waals surface area contributed by atoms with Crippen LogP contribution in [0.2, 0.25) is 0 Å². The van der Waals surface area contributed by atoms with Crippen LogP contribution in [0, 0.1) is 0 Å². The maximum atomic E-state index is 11.8. The molecule has 1 aromatic rings. The minimum absolute atomic E-state index is 0.157. The molecule has 0 radical (unpaired) electrons. The average Bonchev–Trinajstić information content (AvgIpc) is 2.31. The minimum Gasteiger partial charge on any atom is -0.465 e. The Morgan fingerprint density at radius 1 is 1.32 bits per heavy atom. The number of nitrogens with one attached hydrogen (secondary N) is 2. The van der Waals surface area contributed by atoms with Gasteiger partial charge in [0.1, 0.15) is 0 Å². The summed E-state index contributed by atoms with van der Waals surface area (Å²) in [5, 5.41) is 2.94. The number of carbonyl (C=O) groups excluding carboxylic acids is 1. The molecule has 6 nitrogen and oxygen atoms in total. The van der Waals surface area contributed by atoms with Crippen molar-refractivity contribution in [2.75, 3.05) is 24.1 Å². The quantitative estimate of drug-likeness (QED) is 0.721. The van der Waals surface area contributed by atoms with Gasteiger partial charge in [0, 0.05) is 6.54 Å². The monoisotopic (exact) mass is 286 g/mol. The lowest BCUT2D eigenvalue weighted by atomic mass is 10.2. The normalized spacial score (nSPS) is 11.1. The second-order valence-electron chi connectivity index (χ2n) is 3.85. The Balaban J connectivity index is 2.80. The SMILES string of the molecule is CCOC(=O)CS(=O)(=O)Nc1ccccc1CNC. The van der Waals surface area contributed by atoms with Gasteiger partial charge in [-0.1, -0.05) is 18.2 Å². The third kappa shape index (κ3) is 5.27. The number of rotatable bonds is 7. The first-order valence-corrected chi connectivity index (χ1v) is 7.52. The molecule has 19 heavy (non-hydrogen) atoms. The van der Waals surface area contributed by atoms with E-state index in [4.69, 9.17) is 0 Å². The highest BCUT2D eigenvalue weighted by atomic mass is 32.2. The Labute approximate surface area is 113 Å². The summed E-state index contributed by atoms with van der Waals surface area (Å²) in [7, 11) is -1.98. The molecule has 0 fully saturated rings. The second kappa shape index (κ2) is 7.10. The number of hydrogen-bond donors (Lipinski definition) is 2. The molecule has 0 heterocycles. The van der Waals surface area contributed by atoms with Gasteiger partial charge >= 0.3 is 5.97 Å². The van der Waals surface area contributed by atoms with Gasteiger partial charge in [0.25, 0.3) is 0 Å². The third-order valence-electron chi connectivity index (χ3n) is 2.26. The lowest BCUT2D eigenvalue weighted by Gasteiger charge is -2.11. The lowest BCUT2D eigenvalue weighted by molar-refractivity contribution is -0.139. The minimum atomic E-state index is -3.75. The zero-order chi connectivity index (χ0) is 14.3. The largest absolute Gasteiger partial charge is 0.465 e. The Bertz CT molecular complexity index is 528. The Morgan fingerprint density at radius 3 is 2.63 bits per heavy atom. The molecule has 0 aromatic heterocycles. The summed E-state index contributed by atoms with van der Waals surface area (Å²) in [5.74, 6) is -1.45. The highest BCUT2D eigenvalue weighted by Crippen LogP contribution is 2.16. The van der Waals surface area contributed by atoms with Crippen LogP contribution in [0.3, 0.4) is 0 Å². The van der Waals surface area contributed by atoms with Crippen LogP contribution in [0.15, 0.2) is 24.3 Å². The van der Waals surface area contributed by atoms with Crippen molar-refractivity contribution in [2.45, 2.75) is 13.5 Å². The Hall–Kier alpha value is -1.60. The molecule has 1 aromatic carbocycles. The first kappa shape index (κ1) is 15.5. The number of para-hydroxylation sites is 1. The highest BCUT2D eigenvalue weighted by Gasteiger charge is 2.18. The van der Waals surface area contributed by atoms with E-state index in [-0.39, 0.29) is 6.61 Å². The molecule has 0 bridgehead atoms. The van der Waals surface area contributed by atoms with Crippen molar-refractivity contribution < 1.29 is 17.9 Å². The standard InChI is InChI=1S/C12H18N2O4S/c1-3-18-12(15)9-19(16,17)14-11-7-5-4-6-10(11)8-13-2/h4-7,13-14H,3,8-9H2,1-2H3. The van der Waals surface area contributed by atoms with Gasteiger partial charge in [0.15, 0.2) is 5.75 Å². The number of sulfonamides is 1. The van der Waals surface area contributed by atoms with Crippen LogP contribution >= 0.6 is 0 Å². The molecule has 2 N–H and O–H groups in total. The van der Waals surface area contributed by atoms with Crippen molar-refractivity contribution in [1.29, 1.82) is 0 Å². The maximum Gasteiger partial charge on any atom is 0.323 e. The molecule has 0 aliphatic rings. The first-order valence-electron chi connectivity index (χ1n) is 5.87. The van der Waals surface area contributed by atoms with E-state index in [1.54, 1.807) is 32.2 Å². The zero-order valence-electron chi connectivity index (χ0n) is 11.0. The van der Waals surface area contributed by atoms with E-state index in [0.717, 1.165) is 5.56 Å². The van der Waals surface area contributed by atoms with E-state index in [1.165, 1.54) is 0 Å². The Morgan fingerprint density at radius 2 is 2.00 bits per heavy atom. The molecule has 0 spiro atoms. The number of benzene rings is 1. The first-order chi connectivity index (χ1) is 8.98. The highest BCUT2D eigenvalue weighted by molar-refractivity contribution is 7.93. The topological polar surface area (TPSA) is 84.5 Å². The van der Waals surface area contributed by atoms with Crippen LogP contribution in [0.4, 0.5) is 5.69 Å². The summed E-state index contributed by atoms with van der Waals surface area (Å²) in [4.78, 5) is 11.2. The van der Waals surface area contributed by atoms with Crippen LogP contribution in [0.1, 0.15) is 12.5 Å². The van der Waals surface area contributed by atoms with Gasteiger partial charge in [-0.15, -0.1) is 0 Å². The third-order valence-corrected chi connectivity index (χ3v) is 3.41. The fourth-order valence-corrected chi connectivity index (χ4v) is 2.53. The summed E-state index contributed by atoms with van der Waals surface area (Å²) in [6.07, 6.45) is 0. The van der Waals surface area contributed by atoms with Gasteiger partial charge in [-0.2, -0.15) is 0 Å². The molecule has 0 aliphatic carbocycles. The van der Waals surface area contributed by atoms with Crippen molar-refractivity contribution in [3.8, 4) is 0 Å². The van der Waals surface area contributed by atoms with E-state index < -0.39 is 21.7 Å². The van der Waals surface area contributed by atoms with Crippen molar-refractivity contribution in [2.24, 2.45) is 0 Å². The zero-order valence-corrected chi connectivity index (χ0v) is 11.8. The molecule has 0 atom stereocenters. The molecular formula is C12H18N2O4S. The fraction of sp³-hybridized carbons (Fsp3) is 0.417. The molecule has 0 unspecified atom stereocenters. The van der Waals surface area contributed by atoms with Gasteiger partial charge in [0.05, 0.1) is 12.3 Å². The van der Waals surface area contributed by atoms with Gasteiger partial charge < -0.3 is 10.1 Å². The summed E-state index contributed by atoms with van der Waals surface area (Å²) in [6, 6.07) is 6.99. The molecule has 7 heteroatoms. The van der Waals surface area contributed by atoms with Gasteiger partial charge in [-0.3, -0.25) is 9.52 Å². The molecule has 0 saturated carbocycles. The van der Waals surface area contributed by atoms with E-state index in [2.05, 4.69) is 14.8 Å². The van der Waals surface area contributed by atoms with Crippen molar-refractivity contribution in [1.82, 2.24) is 5.32 Å².